The second kappa shape index (κ2) is 5.29. The third kappa shape index (κ3) is 2.20. The van der Waals surface area contributed by atoms with Gasteiger partial charge in [0.1, 0.15) is 5.69 Å². The fourth-order valence-electron chi connectivity index (χ4n) is 2.89. The Morgan fingerprint density at radius 3 is 2.95 bits per heavy atom. The van der Waals surface area contributed by atoms with Crippen LogP contribution in [-0.2, 0) is 11.3 Å². The van der Waals surface area contributed by atoms with Crippen LogP contribution in [0.3, 0.4) is 0 Å². The molecule has 3 rings (SSSR count). The van der Waals surface area contributed by atoms with Gasteiger partial charge in [-0.1, -0.05) is 18.2 Å². The summed E-state index contributed by atoms with van der Waals surface area (Å²) in [6, 6.07) is 10.1. The van der Waals surface area contributed by atoms with E-state index in [4.69, 9.17) is 4.74 Å². The fraction of sp³-hybridized carbons (Fsp3) is 0.438. The van der Waals surface area contributed by atoms with Gasteiger partial charge >= 0.3 is 0 Å². The number of rotatable bonds is 2. The zero-order valence-corrected chi connectivity index (χ0v) is 12.0. The molecule has 106 valence electrons. The number of hydrogen-bond acceptors (Lipinski definition) is 2. The van der Waals surface area contributed by atoms with Crippen molar-refractivity contribution in [3.8, 4) is 0 Å². The van der Waals surface area contributed by atoms with Gasteiger partial charge in [0.05, 0.1) is 12.7 Å². The number of para-hydroxylation sites is 1. The maximum atomic E-state index is 12.7. The number of ether oxygens (including phenoxy) is 1. The van der Waals surface area contributed by atoms with Crippen molar-refractivity contribution in [3.05, 3.63) is 36.0 Å². The van der Waals surface area contributed by atoms with Gasteiger partial charge < -0.3 is 14.2 Å². The molecule has 1 amide bonds. The van der Waals surface area contributed by atoms with Crippen LogP contribution in [0.15, 0.2) is 30.3 Å². The molecule has 0 bridgehead atoms. The highest BCUT2D eigenvalue weighted by Crippen LogP contribution is 2.21. The number of morpholine rings is 1. The third-order valence-electron chi connectivity index (χ3n) is 3.87. The first-order valence-corrected chi connectivity index (χ1v) is 7.20. The first-order chi connectivity index (χ1) is 9.70. The third-order valence-corrected chi connectivity index (χ3v) is 3.87. The Morgan fingerprint density at radius 1 is 1.40 bits per heavy atom. The van der Waals surface area contributed by atoms with Crippen molar-refractivity contribution in [3.63, 3.8) is 0 Å². The topological polar surface area (TPSA) is 34.5 Å². The number of hydrogen-bond donors (Lipinski definition) is 0. The maximum absolute atomic E-state index is 12.7. The second-order valence-electron chi connectivity index (χ2n) is 5.27. The minimum atomic E-state index is 0.109. The summed E-state index contributed by atoms with van der Waals surface area (Å²) in [5.74, 6) is 0.109. The van der Waals surface area contributed by atoms with Crippen molar-refractivity contribution in [1.82, 2.24) is 9.47 Å². The van der Waals surface area contributed by atoms with Gasteiger partial charge in [0.15, 0.2) is 0 Å². The Hall–Kier alpha value is -1.81. The average molecular weight is 272 g/mol. The number of aromatic nitrogens is 1. The summed E-state index contributed by atoms with van der Waals surface area (Å²) in [6.07, 6.45) is 0.118. The minimum Gasteiger partial charge on any atom is -0.375 e. The monoisotopic (exact) mass is 272 g/mol. The van der Waals surface area contributed by atoms with Gasteiger partial charge in [0, 0.05) is 30.5 Å². The van der Waals surface area contributed by atoms with E-state index in [-0.39, 0.29) is 12.0 Å². The van der Waals surface area contributed by atoms with E-state index < -0.39 is 0 Å². The van der Waals surface area contributed by atoms with Crippen LogP contribution in [0.2, 0.25) is 0 Å². The molecule has 2 heterocycles. The van der Waals surface area contributed by atoms with Crippen LogP contribution in [0.4, 0.5) is 0 Å². The lowest BCUT2D eigenvalue weighted by Crippen LogP contribution is -2.45. The summed E-state index contributed by atoms with van der Waals surface area (Å²) in [5, 5.41) is 1.12. The molecule has 2 aromatic rings. The highest BCUT2D eigenvalue weighted by Gasteiger charge is 2.25. The molecule has 1 aliphatic rings. The zero-order valence-electron chi connectivity index (χ0n) is 12.0. The SMILES string of the molecule is CCn1c(C(=O)N2CCO[C@@H](C)C2)cc2ccccc21. The largest absolute Gasteiger partial charge is 0.375 e. The maximum Gasteiger partial charge on any atom is 0.270 e. The molecule has 0 unspecified atom stereocenters. The van der Waals surface area contributed by atoms with Gasteiger partial charge in [-0.15, -0.1) is 0 Å². The van der Waals surface area contributed by atoms with Crippen LogP contribution < -0.4 is 0 Å². The minimum absolute atomic E-state index is 0.109. The molecule has 0 saturated carbocycles. The van der Waals surface area contributed by atoms with Crippen LogP contribution >= 0.6 is 0 Å². The highest BCUT2D eigenvalue weighted by molar-refractivity contribution is 5.98. The molecular weight excluding hydrogens is 252 g/mol. The molecule has 1 aliphatic heterocycles. The lowest BCUT2D eigenvalue weighted by atomic mass is 10.2. The van der Waals surface area contributed by atoms with E-state index in [0.29, 0.717) is 19.7 Å². The lowest BCUT2D eigenvalue weighted by molar-refractivity contribution is -0.0127. The van der Waals surface area contributed by atoms with Crippen LogP contribution in [0.1, 0.15) is 24.3 Å². The number of amides is 1. The van der Waals surface area contributed by atoms with Crippen molar-refractivity contribution in [2.45, 2.75) is 26.5 Å². The first kappa shape index (κ1) is 13.2. The number of nitrogens with zero attached hydrogens (tertiary/aromatic N) is 2. The standard InChI is InChI=1S/C16H20N2O2/c1-3-18-14-7-5-4-6-13(14)10-15(18)16(19)17-8-9-20-12(2)11-17/h4-7,10,12H,3,8-9,11H2,1-2H3/t12-/m0/s1. The van der Waals surface area contributed by atoms with E-state index in [1.807, 2.05) is 30.0 Å². The average Bonchev–Trinajstić information content (AvgIpc) is 2.85. The smallest absolute Gasteiger partial charge is 0.270 e. The van der Waals surface area contributed by atoms with Crippen molar-refractivity contribution < 1.29 is 9.53 Å². The number of aryl methyl sites for hydroxylation is 1. The molecule has 1 aromatic carbocycles. The Morgan fingerprint density at radius 2 is 2.20 bits per heavy atom. The predicted octanol–water partition coefficient (Wildman–Crippen LogP) is 2.52. The highest BCUT2D eigenvalue weighted by atomic mass is 16.5. The Labute approximate surface area is 118 Å². The van der Waals surface area contributed by atoms with Gasteiger partial charge in [-0.2, -0.15) is 0 Å². The lowest BCUT2D eigenvalue weighted by Gasteiger charge is -2.31. The van der Waals surface area contributed by atoms with Crippen LogP contribution in [-0.4, -0.2) is 41.2 Å². The normalized spacial score (nSPS) is 19.5. The molecule has 0 N–H and O–H groups in total. The first-order valence-electron chi connectivity index (χ1n) is 7.20. The number of carbonyl (C=O) groups is 1. The van der Waals surface area contributed by atoms with Crippen molar-refractivity contribution in [2.75, 3.05) is 19.7 Å². The van der Waals surface area contributed by atoms with Crippen LogP contribution in [0.25, 0.3) is 10.9 Å². The van der Waals surface area contributed by atoms with Gasteiger partial charge in [-0.3, -0.25) is 4.79 Å². The summed E-state index contributed by atoms with van der Waals surface area (Å²) in [6.45, 7) is 6.85. The molecule has 1 saturated heterocycles. The second-order valence-corrected chi connectivity index (χ2v) is 5.27. The molecule has 1 atom stereocenters. The van der Waals surface area contributed by atoms with Gasteiger partial charge in [0.25, 0.3) is 5.91 Å². The summed E-state index contributed by atoms with van der Waals surface area (Å²) < 4.78 is 7.60. The fourth-order valence-corrected chi connectivity index (χ4v) is 2.89. The molecule has 20 heavy (non-hydrogen) atoms. The van der Waals surface area contributed by atoms with Crippen LogP contribution in [0.5, 0.6) is 0 Å². The summed E-state index contributed by atoms with van der Waals surface area (Å²) in [5.41, 5.74) is 1.91. The molecule has 0 aliphatic carbocycles. The summed E-state index contributed by atoms with van der Waals surface area (Å²) in [7, 11) is 0. The number of benzene rings is 1. The summed E-state index contributed by atoms with van der Waals surface area (Å²) in [4.78, 5) is 14.6. The van der Waals surface area contributed by atoms with Gasteiger partial charge in [-0.05, 0) is 26.0 Å². The van der Waals surface area contributed by atoms with E-state index in [1.165, 1.54) is 0 Å². The Balaban J connectivity index is 1.98. The van der Waals surface area contributed by atoms with E-state index in [1.54, 1.807) is 0 Å². The molecule has 4 heteroatoms. The molecule has 1 aromatic heterocycles. The van der Waals surface area contributed by atoms with Crippen LogP contribution in [0, 0.1) is 0 Å². The van der Waals surface area contributed by atoms with Crippen molar-refractivity contribution in [2.24, 2.45) is 0 Å². The molecule has 1 fully saturated rings. The number of fused-ring (bicyclic) bond motifs is 1. The quantitative estimate of drug-likeness (QED) is 0.842. The van der Waals surface area contributed by atoms with E-state index >= 15 is 0 Å². The molecule has 0 spiro atoms. The van der Waals surface area contributed by atoms with E-state index in [9.17, 15) is 4.79 Å². The van der Waals surface area contributed by atoms with E-state index in [2.05, 4.69) is 23.6 Å². The van der Waals surface area contributed by atoms with Gasteiger partial charge in [0.2, 0.25) is 0 Å². The van der Waals surface area contributed by atoms with Gasteiger partial charge in [-0.25, -0.2) is 0 Å². The zero-order chi connectivity index (χ0) is 14.1. The predicted molar refractivity (Wildman–Crippen MR) is 78.9 cm³/mol. The molecule has 0 radical (unpaired) electrons. The molecule has 4 nitrogen and oxygen atoms in total. The van der Waals surface area contributed by atoms with Crippen molar-refractivity contribution >= 4 is 16.8 Å². The van der Waals surface area contributed by atoms with E-state index in [0.717, 1.165) is 23.1 Å². The Kier molecular flexibility index (Phi) is 3.49. The summed E-state index contributed by atoms with van der Waals surface area (Å²) >= 11 is 0. The number of carbonyl (C=O) groups excluding carboxylic acids is 1. The Bertz CT molecular complexity index is 632. The van der Waals surface area contributed by atoms with Crippen molar-refractivity contribution in [1.29, 1.82) is 0 Å². The molecular formula is C16H20N2O2.